The SMILES string of the molecule is C=C=CC(=O)Nc1ccccc1C(N)=O. The van der Waals surface area contributed by atoms with E-state index in [0.717, 1.165) is 6.08 Å². The highest BCUT2D eigenvalue weighted by molar-refractivity contribution is 6.05. The van der Waals surface area contributed by atoms with Crippen molar-refractivity contribution in [3.8, 4) is 0 Å². The van der Waals surface area contributed by atoms with E-state index >= 15 is 0 Å². The van der Waals surface area contributed by atoms with Gasteiger partial charge in [0.2, 0.25) is 0 Å². The second-order valence-corrected chi connectivity index (χ2v) is 2.75. The minimum absolute atomic E-state index is 0.267. The molecule has 0 unspecified atom stereocenters. The van der Waals surface area contributed by atoms with Gasteiger partial charge in [-0.3, -0.25) is 9.59 Å². The molecule has 4 heteroatoms. The van der Waals surface area contributed by atoms with Crippen molar-refractivity contribution in [2.45, 2.75) is 0 Å². The fourth-order valence-corrected chi connectivity index (χ4v) is 1.07. The molecule has 0 fully saturated rings. The van der Waals surface area contributed by atoms with E-state index < -0.39 is 11.8 Å². The topological polar surface area (TPSA) is 72.2 Å². The zero-order chi connectivity index (χ0) is 11.3. The molecule has 0 saturated heterocycles. The second-order valence-electron chi connectivity index (χ2n) is 2.75. The summed E-state index contributed by atoms with van der Waals surface area (Å²) >= 11 is 0. The first-order valence-electron chi connectivity index (χ1n) is 4.21. The molecule has 2 amide bonds. The van der Waals surface area contributed by atoms with Crippen LogP contribution < -0.4 is 11.1 Å². The van der Waals surface area contributed by atoms with Gasteiger partial charge < -0.3 is 11.1 Å². The van der Waals surface area contributed by atoms with Crippen LogP contribution in [0.5, 0.6) is 0 Å². The Kier molecular flexibility index (Phi) is 3.43. The maximum absolute atomic E-state index is 11.2. The van der Waals surface area contributed by atoms with Crippen LogP contribution in [0.4, 0.5) is 5.69 Å². The molecule has 0 aromatic heterocycles. The van der Waals surface area contributed by atoms with Crippen molar-refractivity contribution in [2.75, 3.05) is 5.32 Å². The molecule has 1 aromatic rings. The molecule has 0 saturated carbocycles. The van der Waals surface area contributed by atoms with Crippen LogP contribution >= 0.6 is 0 Å². The first kappa shape index (κ1) is 10.8. The Bertz CT molecular complexity index is 446. The number of para-hydroxylation sites is 1. The number of hydrogen-bond donors (Lipinski definition) is 2. The Hall–Kier alpha value is -2.32. The summed E-state index contributed by atoms with van der Waals surface area (Å²) in [7, 11) is 0. The molecule has 0 aliphatic rings. The number of carbonyl (C=O) groups is 2. The first-order chi connectivity index (χ1) is 7.15. The lowest BCUT2D eigenvalue weighted by atomic mass is 10.1. The number of carbonyl (C=O) groups excluding carboxylic acids is 2. The van der Waals surface area contributed by atoms with Gasteiger partial charge in [0.1, 0.15) is 0 Å². The molecule has 0 aliphatic carbocycles. The lowest BCUT2D eigenvalue weighted by Crippen LogP contribution is -2.16. The van der Waals surface area contributed by atoms with Crippen LogP contribution in [-0.2, 0) is 4.79 Å². The van der Waals surface area contributed by atoms with Crippen molar-refractivity contribution >= 4 is 17.5 Å². The predicted molar refractivity (Wildman–Crippen MR) is 57.3 cm³/mol. The summed E-state index contributed by atoms with van der Waals surface area (Å²) in [6, 6.07) is 6.49. The largest absolute Gasteiger partial charge is 0.366 e. The highest BCUT2D eigenvalue weighted by Gasteiger charge is 2.07. The number of benzene rings is 1. The molecule has 0 radical (unpaired) electrons. The van der Waals surface area contributed by atoms with E-state index in [0.29, 0.717) is 5.69 Å². The van der Waals surface area contributed by atoms with Gasteiger partial charge in [-0.2, -0.15) is 0 Å². The zero-order valence-corrected chi connectivity index (χ0v) is 7.99. The van der Waals surface area contributed by atoms with E-state index in [-0.39, 0.29) is 5.56 Å². The third kappa shape index (κ3) is 2.83. The number of rotatable bonds is 3. The highest BCUT2D eigenvalue weighted by Crippen LogP contribution is 2.13. The smallest absolute Gasteiger partial charge is 0.256 e. The van der Waals surface area contributed by atoms with Crippen molar-refractivity contribution in [1.82, 2.24) is 0 Å². The monoisotopic (exact) mass is 202 g/mol. The molecular formula is C11H10N2O2. The summed E-state index contributed by atoms with van der Waals surface area (Å²) in [5, 5.41) is 2.49. The molecule has 0 spiro atoms. The maximum atomic E-state index is 11.2. The molecule has 15 heavy (non-hydrogen) atoms. The van der Waals surface area contributed by atoms with Crippen molar-refractivity contribution in [1.29, 1.82) is 0 Å². The third-order valence-corrected chi connectivity index (χ3v) is 1.68. The molecule has 0 aliphatic heterocycles. The third-order valence-electron chi connectivity index (χ3n) is 1.68. The minimum atomic E-state index is -0.589. The lowest BCUT2D eigenvalue weighted by molar-refractivity contribution is -0.111. The Balaban J connectivity index is 2.99. The van der Waals surface area contributed by atoms with Crippen molar-refractivity contribution < 1.29 is 9.59 Å². The van der Waals surface area contributed by atoms with Gasteiger partial charge in [-0.25, -0.2) is 0 Å². The molecule has 1 rings (SSSR count). The average Bonchev–Trinajstić information content (AvgIpc) is 2.18. The zero-order valence-electron chi connectivity index (χ0n) is 7.99. The minimum Gasteiger partial charge on any atom is -0.366 e. The maximum Gasteiger partial charge on any atom is 0.256 e. The van der Waals surface area contributed by atoms with Gasteiger partial charge in [0.05, 0.1) is 11.3 Å². The number of nitrogens with two attached hydrogens (primary N) is 1. The molecular weight excluding hydrogens is 192 g/mol. The number of anilines is 1. The van der Waals surface area contributed by atoms with Crippen LogP contribution in [0.1, 0.15) is 10.4 Å². The van der Waals surface area contributed by atoms with Gasteiger partial charge in [0.15, 0.2) is 0 Å². The summed E-state index contributed by atoms with van der Waals surface area (Å²) in [5.74, 6) is -0.993. The van der Waals surface area contributed by atoms with Crippen LogP contribution in [0.25, 0.3) is 0 Å². The van der Waals surface area contributed by atoms with E-state index in [4.69, 9.17) is 5.73 Å². The highest BCUT2D eigenvalue weighted by atomic mass is 16.2. The van der Waals surface area contributed by atoms with Gasteiger partial charge >= 0.3 is 0 Å². The molecule has 0 bridgehead atoms. The molecule has 0 heterocycles. The van der Waals surface area contributed by atoms with Gasteiger partial charge in [-0.1, -0.05) is 18.7 Å². The van der Waals surface area contributed by atoms with Crippen LogP contribution in [0, 0.1) is 0 Å². The first-order valence-corrected chi connectivity index (χ1v) is 4.21. The van der Waals surface area contributed by atoms with Crippen LogP contribution in [-0.4, -0.2) is 11.8 Å². The lowest BCUT2D eigenvalue weighted by Gasteiger charge is -2.05. The second kappa shape index (κ2) is 4.79. The van der Waals surface area contributed by atoms with Gasteiger partial charge in [0.25, 0.3) is 11.8 Å². The molecule has 3 N–H and O–H groups in total. The normalized spacial score (nSPS) is 8.80. The Labute approximate surface area is 87.1 Å². The van der Waals surface area contributed by atoms with E-state index in [1.165, 1.54) is 6.07 Å². The quantitative estimate of drug-likeness (QED) is 0.568. The average molecular weight is 202 g/mol. The summed E-state index contributed by atoms with van der Waals surface area (Å²) < 4.78 is 0. The molecule has 4 nitrogen and oxygen atoms in total. The Morgan fingerprint density at radius 3 is 2.67 bits per heavy atom. The Morgan fingerprint density at radius 1 is 1.40 bits per heavy atom. The van der Waals surface area contributed by atoms with E-state index in [1.807, 2.05) is 0 Å². The van der Waals surface area contributed by atoms with Gasteiger partial charge in [0, 0.05) is 6.08 Å². The molecule has 0 atom stereocenters. The van der Waals surface area contributed by atoms with Crippen molar-refractivity contribution in [3.63, 3.8) is 0 Å². The predicted octanol–water partition coefficient (Wildman–Crippen LogP) is 1.07. The van der Waals surface area contributed by atoms with Crippen LogP contribution in [0.15, 0.2) is 42.7 Å². The summed E-state index contributed by atoms with van der Waals surface area (Å²) in [6.45, 7) is 3.27. The fourth-order valence-electron chi connectivity index (χ4n) is 1.07. The summed E-state index contributed by atoms with van der Waals surface area (Å²) in [6.07, 6.45) is 1.14. The molecule has 1 aromatic carbocycles. The van der Waals surface area contributed by atoms with Crippen molar-refractivity contribution in [2.24, 2.45) is 5.73 Å². The van der Waals surface area contributed by atoms with Gasteiger partial charge in [-0.15, -0.1) is 5.73 Å². The van der Waals surface area contributed by atoms with Crippen LogP contribution in [0.2, 0.25) is 0 Å². The van der Waals surface area contributed by atoms with E-state index in [9.17, 15) is 9.59 Å². The fraction of sp³-hybridized carbons (Fsp3) is 0. The number of amides is 2. The van der Waals surface area contributed by atoms with Gasteiger partial charge in [-0.05, 0) is 12.1 Å². The molecule has 76 valence electrons. The number of nitrogens with one attached hydrogen (secondary N) is 1. The summed E-state index contributed by atoms with van der Waals surface area (Å²) in [5.41, 5.74) is 8.11. The number of primary amides is 1. The van der Waals surface area contributed by atoms with E-state index in [2.05, 4.69) is 17.6 Å². The van der Waals surface area contributed by atoms with E-state index in [1.54, 1.807) is 18.2 Å². The van der Waals surface area contributed by atoms with Crippen LogP contribution in [0.3, 0.4) is 0 Å². The Morgan fingerprint density at radius 2 is 2.07 bits per heavy atom. The standard InChI is InChI=1S/C11H10N2O2/c1-2-5-10(14)13-9-7-4-3-6-8(9)11(12)15/h3-7H,1H2,(H2,12,15)(H,13,14). The number of hydrogen-bond acceptors (Lipinski definition) is 2. The summed E-state index contributed by atoms with van der Waals surface area (Å²) in [4.78, 5) is 22.2. The van der Waals surface area contributed by atoms with Crippen molar-refractivity contribution in [3.05, 3.63) is 48.2 Å².